The number of piperazine rings is 1. The number of Topliss-reactive ketones (excluding diaryl/α,β-unsaturated/α-hetero) is 1. The van der Waals surface area contributed by atoms with E-state index in [1.165, 1.54) is 0 Å². The maximum atomic E-state index is 13.2. The minimum Gasteiger partial charge on any atom is -0.496 e. The molecule has 5 rings (SSSR count). The van der Waals surface area contributed by atoms with E-state index >= 15 is 0 Å². The number of nitrogens with zero attached hydrogens (tertiary/aromatic N) is 4. The molecule has 37 heavy (non-hydrogen) atoms. The zero-order chi connectivity index (χ0) is 26.3. The number of aromatic nitrogens is 3. The monoisotopic (exact) mass is 505 g/mol. The van der Waals surface area contributed by atoms with Gasteiger partial charge in [-0.2, -0.15) is 5.10 Å². The second kappa shape index (κ2) is 9.51. The first kappa shape index (κ1) is 24.8. The van der Waals surface area contributed by atoms with E-state index in [1.807, 2.05) is 39.8 Å². The molecule has 4 heterocycles. The third-order valence-electron chi connectivity index (χ3n) is 6.38. The lowest BCUT2D eigenvalue weighted by Gasteiger charge is -2.35. The van der Waals surface area contributed by atoms with Crippen LogP contribution in [0.25, 0.3) is 17.1 Å². The van der Waals surface area contributed by atoms with E-state index in [-0.39, 0.29) is 17.6 Å². The Labute approximate surface area is 215 Å². The van der Waals surface area contributed by atoms with Gasteiger partial charge in [0.15, 0.2) is 11.4 Å². The number of amides is 1. The zero-order valence-electron chi connectivity index (χ0n) is 21.8. The highest BCUT2D eigenvalue weighted by Gasteiger charge is 2.33. The van der Waals surface area contributed by atoms with Gasteiger partial charge in [0.1, 0.15) is 17.1 Å². The van der Waals surface area contributed by atoms with E-state index in [0.29, 0.717) is 61.1 Å². The van der Waals surface area contributed by atoms with Gasteiger partial charge in [-0.25, -0.2) is 9.78 Å². The van der Waals surface area contributed by atoms with Crippen LogP contribution in [0.5, 0.6) is 11.5 Å². The van der Waals surface area contributed by atoms with Gasteiger partial charge in [0.05, 0.1) is 23.9 Å². The molecule has 10 heteroatoms. The van der Waals surface area contributed by atoms with Crippen molar-refractivity contribution in [2.45, 2.75) is 39.8 Å². The molecule has 0 unspecified atom stereocenters. The van der Waals surface area contributed by atoms with E-state index < -0.39 is 5.60 Å². The molecule has 2 aliphatic heterocycles. The van der Waals surface area contributed by atoms with Crippen LogP contribution >= 0.6 is 0 Å². The molecule has 10 nitrogen and oxygen atoms in total. The summed E-state index contributed by atoms with van der Waals surface area (Å²) in [4.78, 5) is 34.0. The number of allylic oxidation sites excluding steroid dienone is 1. The Hall–Kier alpha value is -3.92. The van der Waals surface area contributed by atoms with Gasteiger partial charge in [0.25, 0.3) is 0 Å². The van der Waals surface area contributed by atoms with Gasteiger partial charge < -0.3 is 19.1 Å². The second-order valence-corrected chi connectivity index (χ2v) is 10.3. The molecule has 0 atom stereocenters. The van der Waals surface area contributed by atoms with Gasteiger partial charge in [0, 0.05) is 49.9 Å². The van der Waals surface area contributed by atoms with Crippen LogP contribution in [0.15, 0.2) is 30.0 Å². The Morgan fingerprint density at radius 3 is 2.62 bits per heavy atom. The first-order valence-electron chi connectivity index (χ1n) is 12.3. The summed E-state index contributed by atoms with van der Waals surface area (Å²) in [5.41, 5.74) is 2.88. The highest BCUT2D eigenvalue weighted by Crippen LogP contribution is 2.41. The summed E-state index contributed by atoms with van der Waals surface area (Å²) in [6.45, 7) is 10.4. The molecule has 0 aliphatic carbocycles. The topological polar surface area (TPSA) is 110 Å². The number of ketones is 1. The quantitative estimate of drug-likeness (QED) is 0.531. The lowest BCUT2D eigenvalue weighted by molar-refractivity contribution is 0.0138. The number of rotatable bonds is 4. The largest absolute Gasteiger partial charge is 0.496 e. The van der Waals surface area contributed by atoms with Crippen LogP contribution in [0.2, 0.25) is 0 Å². The highest BCUT2D eigenvalue weighted by molar-refractivity contribution is 6.15. The number of hydrogen-bond donors (Lipinski definition) is 1. The molecule has 2 aromatic heterocycles. The van der Waals surface area contributed by atoms with E-state index in [4.69, 9.17) is 14.2 Å². The van der Waals surface area contributed by atoms with Gasteiger partial charge in [-0.05, 0) is 52.0 Å². The van der Waals surface area contributed by atoms with Crippen LogP contribution < -0.4 is 9.47 Å². The number of hydrogen-bond acceptors (Lipinski definition) is 8. The molecule has 1 aromatic carbocycles. The maximum absolute atomic E-state index is 13.2. The number of fused-ring (bicyclic) bond motifs is 2. The Morgan fingerprint density at radius 2 is 1.92 bits per heavy atom. The van der Waals surface area contributed by atoms with Crippen molar-refractivity contribution in [3.8, 4) is 11.5 Å². The Bertz CT molecular complexity index is 1400. The lowest BCUT2D eigenvalue weighted by atomic mass is 10.0. The van der Waals surface area contributed by atoms with E-state index in [9.17, 15) is 9.59 Å². The molecule has 0 spiro atoms. The van der Waals surface area contributed by atoms with Gasteiger partial charge in [-0.15, -0.1) is 0 Å². The van der Waals surface area contributed by atoms with E-state index in [1.54, 1.807) is 30.2 Å². The molecule has 0 saturated carbocycles. The van der Waals surface area contributed by atoms with Crippen molar-refractivity contribution in [3.05, 3.63) is 52.5 Å². The first-order chi connectivity index (χ1) is 17.6. The standard InChI is InChI=1S/C27H31N5O5/c1-16-6-7-17-20(29-30-25(17)28-16)14-22-23(33)18-8-9-21(35-5)19(24(18)36-22)15-31-10-12-32(13-11-31)26(34)37-27(2,3)4/h6-9,14H,10-13,15H2,1-5H3,(H,28,29,30)/b22-14-. The van der Waals surface area contributed by atoms with Gasteiger partial charge in [0.2, 0.25) is 5.78 Å². The number of aryl methyl sites for hydroxylation is 1. The van der Waals surface area contributed by atoms with E-state index in [0.717, 1.165) is 16.6 Å². The van der Waals surface area contributed by atoms with Crippen molar-refractivity contribution >= 4 is 29.0 Å². The van der Waals surface area contributed by atoms with Crippen molar-refractivity contribution in [2.75, 3.05) is 33.3 Å². The molecule has 3 aromatic rings. The van der Waals surface area contributed by atoms with Crippen LogP contribution in [-0.2, 0) is 11.3 Å². The number of carbonyl (C=O) groups excluding carboxylic acids is 2. The Kier molecular flexibility index (Phi) is 6.36. The van der Waals surface area contributed by atoms with Crippen LogP contribution in [-0.4, -0.2) is 75.7 Å². The number of H-pyrrole nitrogens is 1. The molecule has 1 saturated heterocycles. The van der Waals surface area contributed by atoms with Gasteiger partial charge in [-0.1, -0.05) is 0 Å². The molecule has 2 aliphatic rings. The smallest absolute Gasteiger partial charge is 0.410 e. The fourth-order valence-electron chi connectivity index (χ4n) is 4.53. The third-order valence-corrected chi connectivity index (χ3v) is 6.38. The summed E-state index contributed by atoms with van der Waals surface area (Å²) in [6, 6.07) is 7.35. The summed E-state index contributed by atoms with van der Waals surface area (Å²) in [5, 5.41) is 8.04. The maximum Gasteiger partial charge on any atom is 0.410 e. The number of benzene rings is 1. The molecule has 1 amide bonds. The number of aromatic amines is 1. The van der Waals surface area contributed by atoms with Crippen molar-refractivity contribution in [1.29, 1.82) is 0 Å². The second-order valence-electron chi connectivity index (χ2n) is 10.3. The minimum absolute atomic E-state index is 0.202. The van der Waals surface area contributed by atoms with Gasteiger partial charge in [-0.3, -0.25) is 14.8 Å². The number of methoxy groups -OCH3 is 1. The summed E-state index contributed by atoms with van der Waals surface area (Å²) < 4.78 is 17.3. The number of nitrogens with one attached hydrogen (secondary N) is 1. The number of pyridine rings is 1. The third kappa shape index (κ3) is 5.01. The van der Waals surface area contributed by atoms with Crippen LogP contribution in [0.1, 0.15) is 48.1 Å². The molecule has 194 valence electrons. The van der Waals surface area contributed by atoms with Crippen molar-refractivity contribution < 1.29 is 23.8 Å². The first-order valence-corrected chi connectivity index (χ1v) is 12.3. The number of ether oxygens (including phenoxy) is 3. The fraction of sp³-hybridized carbons (Fsp3) is 0.407. The van der Waals surface area contributed by atoms with Crippen molar-refractivity contribution in [3.63, 3.8) is 0 Å². The van der Waals surface area contributed by atoms with Crippen LogP contribution in [0, 0.1) is 6.92 Å². The summed E-state index contributed by atoms with van der Waals surface area (Å²) >= 11 is 0. The average Bonchev–Trinajstić information content (AvgIpc) is 3.39. The molecule has 1 fully saturated rings. The number of carbonyl (C=O) groups is 2. The van der Waals surface area contributed by atoms with E-state index in [2.05, 4.69) is 20.1 Å². The SMILES string of the molecule is COc1ccc2c(c1CN1CCN(C(=O)OC(C)(C)C)CC1)O/C(=C\c1n[nH]c3nc(C)ccc13)C2=O. The average molecular weight is 506 g/mol. The molecule has 1 N–H and O–H groups in total. The van der Waals surface area contributed by atoms with Crippen molar-refractivity contribution in [2.24, 2.45) is 0 Å². The van der Waals surface area contributed by atoms with Crippen molar-refractivity contribution in [1.82, 2.24) is 25.0 Å². The minimum atomic E-state index is -0.529. The Morgan fingerprint density at radius 1 is 1.16 bits per heavy atom. The molecular weight excluding hydrogens is 474 g/mol. The van der Waals surface area contributed by atoms with Crippen LogP contribution in [0.4, 0.5) is 4.79 Å². The molecule has 0 bridgehead atoms. The predicted octanol–water partition coefficient (Wildman–Crippen LogP) is 3.94. The zero-order valence-corrected chi connectivity index (χ0v) is 21.8. The van der Waals surface area contributed by atoms with Crippen LogP contribution in [0.3, 0.4) is 0 Å². The molecule has 0 radical (unpaired) electrons. The molecular formula is C27H31N5O5. The summed E-state index contributed by atoms with van der Waals surface area (Å²) in [7, 11) is 1.60. The predicted molar refractivity (Wildman–Crippen MR) is 138 cm³/mol. The van der Waals surface area contributed by atoms with Gasteiger partial charge >= 0.3 is 6.09 Å². The Balaban J connectivity index is 1.35. The normalized spacial score (nSPS) is 17.3. The fourth-order valence-corrected chi connectivity index (χ4v) is 4.53. The summed E-state index contributed by atoms with van der Waals surface area (Å²) in [5.74, 6) is 1.14. The lowest BCUT2D eigenvalue weighted by Crippen LogP contribution is -2.49. The highest BCUT2D eigenvalue weighted by atomic mass is 16.6. The summed E-state index contributed by atoms with van der Waals surface area (Å²) in [6.07, 6.45) is 1.35.